The molecule has 0 bridgehead atoms. The molecule has 0 aliphatic carbocycles. The molecular formula is C16H15NO2. The van der Waals surface area contributed by atoms with Crippen molar-refractivity contribution in [1.29, 1.82) is 0 Å². The topological polar surface area (TPSA) is 31.2 Å². The van der Waals surface area contributed by atoms with E-state index in [0.29, 0.717) is 5.75 Å². The number of nitrogens with zero attached hydrogens (tertiary/aromatic N) is 1. The molecule has 0 unspecified atom stereocenters. The zero-order valence-electron chi connectivity index (χ0n) is 11.0. The van der Waals surface area contributed by atoms with Gasteiger partial charge in [0.1, 0.15) is 5.75 Å². The number of ether oxygens (including phenoxy) is 1. The molecule has 3 rings (SSSR count). The van der Waals surface area contributed by atoms with Gasteiger partial charge in [0.05, 0.1) is 12.6 Å². The number of fused-ring (bicyclic) bond motifs is 3. The second-order valence-electron chi connectivity index (χ2n) is 4.47. The molecule has 0 amide bonds. The minimum atomic E-state index is 0.0244. The van der Waals surface area contributed by atoms with Crippen LogP contribution in [0, 0.1) is 0 Å². The molecule has 3 aromatic rings. The molecule has 0 saturated heterocycles. The lowest BCUT2D eigenvalue weighted by Crippen LogP contribution is -2.03. The lowest BCUT2D eigenvalue weighted by molar-refractivity contribution is 0.415. The number of benzene rings is 1. The van der Waals surface area contributed by atoms with Crippen molar-refractivity contribution in [2.75, 3.05) is 7.11 Å². The first-order chi connectivity index (χ1) is 9.26. The Morgan fingerprint density at radius 2 is 1.89 bits per heavy atom. The third-order valence-corrected chi connectivity index (χ3v) is 3.48. The van der Waals surface area contributed by atoms with Gasteiger partial charge in [-0.05, 0) is 31.2 Å². The molecule has 3 heteroatoms. The van der Waals surface area contributed by atoms with Crippen LogP contribution in [0.25, 0.3) is 21.8 Å². The summed E-state index contributed by atoms with van der Waals surface area (Å²) in [5.74, 6) is 0.700. The maximum absolute atomic E-state index is 12.3. The van der Waals surface area contributed by atoms with Crippen LogP contribution in [-0.2, 0) is 6.54 Å². The number of hydrogen-bond acceptors (Lipinski definition) is 2. The van der Waals surface area contributed by atoms with E-state index in [0.717, 1.165) is 28.4 Å². The molecule has 0 radical (unpaired) electrons. The first kappa shape index (κ1) is 11.8. The molecular weight excluding hydrogens is 238 g/mol. The first-order valence-electron chi connectivity index (χ1n) is 6.35. The minimum Gasteiger partial charge on any atom is -0.497 e. The molecule has 0 fully saturated rings. The first-order valence-corrected chi connectivity index (χ1v) is 6.35. The van der Waals surface area contributed by atoms with Gasteiger partial charge in [-0.1, -0.05) is 18.2 Å². The van der Waals surface area contributed by atoms with E-state index in [9.17, 15) is 4.79 Å². The van der Waals surface area contributed by atoms with Crippen molar-refractivity contribution in [1.82, 2.24) is 4.57 Å². The zero-order chi connectivity index (χ0) is 13.4. The maximum Gasteiger partial charge on any atom is 0.202 e. The van der Waals surface area contributed by atoms with E-state index in [-0.39, 0.29) is 5.43 Å². The molecule has 0 atom stereocenters. The molecule has 0 N–H and O–H groups in total. The standard InChI is InChI=1S/C16H15NO2/c1-3-17-14-7-5-4-6-12(14)13-10-11(19-2)8-9-15(18)16(13)17/h4-10H,3H2,1-2H3. The number of para-hydroxylation sites is 1. The van der Waals surface area contributed by atoms with E-state index >= 15 is 0 Å². The van der Waals surface area contributed by atoms with Gasteiger partial charge in [0.15, 0.2) is 0 Å². The lowest BCUT2D eigenvalue weighted by atomic mass is 10.2. The van der Waals surface area contributed by atoms with Crippen LogP contribution < -0.4 is 10.2 Å². The summed E-state index contributed by atoms with van der Waals surface area (Å²) in [4.78, 5) is 12.3. The summed E-state index contributed by atoms with van der Waals surface area (Å²) in [6.45, 7) is 2.82. The fraction of sp³-hybridized carbons (Fsp3) is 0.188. The highest BCUT2D eigenvalue weighted by atomic mass is 16.5. The summed E-state index contributed by atoms with van der Waals surface area (Å²) in [5, 5.41) is 2.04. The van der Waals surface area contributed by atoms with Gasteiger partial charge in [-0.3, -0.25) is 4.79 Å². The largest absolute Gasteiger partial charge is 0.497 e. The number of aromatic nitrogens is 1. The number of rotatable bonds is 2. The van der Waals surface area contributed by atoms with Crippen LogP contribution in [0.2, 0.25) is 0 Å². The van der Waals surface area contributed by atoms with Crippen molar-refractivity contribution < 1.29 is 4.74 Å². The summed E-state index contributed by atoms with van der Waals surface area (Å²) in [5.41, 5.74) is 1.86. The zero-order valence-corrected chi connectivity index (χ0v) is 11.0. The molecule has 19 heavy (non-hydrogen) atoms. The molecule has 1 heterocycles. The molecule has 2 aromatic carbocycles. The van der Waals surface area contributed by atoms with E-state index in [1.807, 2.05) is 30.3 Å². The Labute approximate surface area is 111 Å². The number of methoxy groups -OCH3 is 1. The fourth-order valence-electron chi connectivity index (χ4n) is 2.62. The van der Waals surface area contributed by atoms with E-state index < -0.39 is 0 Å². The third kappa shape index (κ3) is 1.70. The number of aryl methyl sites for hydroxylation is 1. The van der Waals surface area contributed by atoms with E-state index in [1.165, 1.54) is 0 Å². The van der Waals surface area contributed by atoms with Crippen molar-refractivity contribution in [3.63, 3.8) is 0 Å². The van der Waals surface area contributed by atoms with Crippen molar-refractivity contribution >= 4 is 21.8 Å². The molecule has 96 valence electrons. The summed E-state index contributed by atoms with van der Waals surface area (Å²) >= 11 is 0. The highest BCUT2D eigenvalue weighted by Crippen LogP contribution is 2.28. The van der Waals surface area contributed by atoms with Gasteiger partial charge in [0, 0.05) is 22.8 Å². The van der Waals surface area contributed by atoms with Crippen LogP contribution in [0.3, 0.4) is 0 Å². The SMILES string of the molecule is CCn1c2ccccc2c2cc(OC)ccc(=O)c21. The molecule has 0 spiro atoms. The Kier molecular flexibility index (Phi) is 2.75. The van der Waals surface area contributed by atoms with Gasteiger partial charge >= 0.3 is 0 Å². The highest BCUT2D eigenvalue weighted by molar-refractivity contribution is 6.08. The van der Waals surface area contributed by atoms with E-state index in [1.54, 1.807) is 19.2 Å². The van der Waals surface area contributed by atoms with Crippen molar-refractivity contribution in [2.45, 2.75) is 13.5 Å². The maximum atomic E-state index is 12.3. The summed E-state index contributed by atoms with van der Waals surface area (Å²) in [7, 11) is 1.62. The second kappa shape index (κ2) is 4.43. The smallest absolute Gasteiger partial charge is 0.202 e. The Hall–Kier alpha value is -2.29. The van der Waals surface area contributed by atoms with Crippen LogP contribution >= 0.6 is 0 Å². The third-order valence-electron chi connectivity index (χ3n) is 3.48. The lowest BCUT2D eigenvalue weighted by Gasteiger charge is -2.00. The van der Waals surface area contributed by atoms with Crippen LogP contribution in [0.5, 0.6) is 5.75 Å². The quantitative estimate of drug-likeness (QED) is 0.702. The summed E-state index contributed by atoms with van der Waals surface area (Å²) in [6, 6.07) is 13.3. The molecule has 0 aliphatic rings. The Balaban J connectivity index is 2.64. The monoisotopic (exact) mass is 253 g/mol. The van der Waals surface area contributed by atoms with E-state index in [2.05, 4.69) is 11.5 Å². The highest BCUT2D eigenvalue weighted by Gasteiger charge is 2.11. The normalized spacial score (nSPS) is 11.1. The molecule has 0 aliphatic heterocycles. The molecule has 0 saturated carbocycles. The van der Waals surface area contributed by atoms with Crippen LogP contribution in [-0.4, -0.2) is 11.7 Å². The molecule has 1 aromatic heterocycles. The Morgan fingerprint density at radius 1 is 1.11 bits per heavy atom. The van der Waals surface area contributed by atoms with Crippen molar-refractivity contribution in [3.05, 3.63) is 52.7 Å². The van der Waals surface area contributed by atoms with Crippen molar-refractivity contribution in [3.8, 4) is 5.75 Å². The second-order valence-corrected chi connectivity index (χ2v) is 4.47. The van der Waals surface area contributed by atoms with Gasteiger partial charge in [-0.25, -0.2) is 0 Å². The predicted molar refractivity (Wildman–Crippen MR) is 77.9 cm³/mol. The van der Waals surface area contributed by atoms with Gasteiger partial charge in [0.2, 0.25) is 5.43 Å². The van der Waals surface area contributed by atoms with Gasteiger partial charge in [-0.2, -0.15) is 0 Å². The summed E-state index contributed by atoms with van der Waals surface area (Å²) in [6.07, 6.45) is 0. The summed E-state index contributed by atoms with van der Waals surface area (Å²) < 4.78 is 7.34. The predicted octanol–water partition coefficient (Wildman–Crippen LogP) is 3.18. The van der Waals surface area contributed by atoms with Gasteiger partial charge in [0.25, 0.3) is 0 Å². The average molecular weight is 253 g/mol. The Morgan fingerprint density at radius 3 is 2.63 bits per heavy atom. The van der Waals surface area contributed by atoms with Gasteiger partial charge < -0.3 is 9.30 Å². The number of hydrogen-bond donors (Lipinski definition) is 0. The van der Waals surface area contributed by atoms with Crippen molar-refractivity contribution in [2.24, 2.45) is 0 Å². The molecule has 3 nitrogen and oxygen atoms in total. The Bertz CT molecular complexity index is 818. The van der Waals surface area contributed by atoms with E-state index in [4.69, 9.17) is 4.74 Å². The van der Waals surface area contributed by atoms with Crippen LogP contribution in [0.4, 0.5) is 0 Å². The van der Waals surface area contributed by atoms with Gasteiger partial charge in [-0.15, -0.1) is 0 Å². The minimum absolute atomic E-state index is 0.0244. The van der Waals surface area contributed by atoms with Crippen LogP contribution in [0.1, 0.15) is 6.92 Å². The van der Waals surface area contributed by atoms with Crippen LogP contribution in [0.15, 0.2) is 47.3 Å². The fourth-order valence-corrected chi connectivity index (χ4v) is 2.62. The average Bonchev–Trinajstić information content (AvgIpc) is 2.66.